The summed E-state index contributed by atoms with van der Waals surface area (Å²) in [6.45, 7) is 0. The molecule has 0 saturated carbocycles. The molecular formula is C21H16O11S2. The van der Waals surface area contributed by atoms with Crippen molar-refractivity contribution in [2.24, 2.45) is 0 Å². The van der Waals surface area contributed by atoms with Crippen LogP contribution in [0.15, 0.2) is 70.5 Å². The molecule has 0 amide bonds. The standard InChI is InChI=1S/C21H16O11S2/c1-31-18-11-17(32-21(24)14-9-13(33(25,26)27)7-8-16(14)22)15(10-19(18)34(28,29)30)20(23)12-5-3-2-4-6-12/h2-11,22H,1H3,(H,25,26,27)(H,28,29,30). The summed E-state index contributed by atoms with van der Waals surface area (Å²) in [6, 6.07) is 11.4. The van der Waals surface area contributed by atoms with Gasteiger partial charge in [-0.25, -0.2) is 4.79 Å². The molecule has 3 N–H and O–H groups in total. The van der Waals surface area contributed by atoms with E-state index in [0.29, 0.717) is 6.07 Å². The van der Waals surface area contributed by atoms with Gasteiger partial charge in [0.25, 0.3) is 20.2 Å². The Morgan fingerprint density at radius 3 is 2.00 bits per heavy atom. The molecule has 0 aliphatic heterocycles. The van der Waals surface area contributed by atoms with Crippen molar-refractivity contribution >= 4 is 32.0 Å². The van der Waals surface area contributed by atoms with Crippen molar-refractivity contribution in [3.63, 3.8) is 0 Å². The van der Waals surface area contributed by atoms with Crippen LogP contribution in [0.3, 0.4) is 0 Å². The molecule has 0 aliphatic carbocycles. The number of carbonyl (C=O) groups excluding carboxylic acids is 2. The van der Waals surface area contributed by atoms with Crippen LogP contribution in [0, 0.1) is 0 Å². The van der Waals surface area contributed by atoms with Crippen molar-refractivity contribution in [1.82, 2.24) is 0 Å². The van der Waals surface area contributed by atoms with Crippen LogP contribution in [-0.2, 0) is 20.2 Å². The fourth-order valence-corrected chi connectivity index (χ4v) is 4.07. The third kappa shape index (κ3) is 5.23. The van der Waals surface area contributed by atoms with E-state index in [4.69, 9.17) is 9.47 Å². The first-order chi connectivity index (χ1) is 15.8. The van der Waals surface area contributed by atoms with Gasteiger partial charge in [-0.05, 0) is 24.3 Å². The maximum atomic E-state index is 13.0. The summed E-state index contributed by atoms with van der Waals surface area (Å²) in [5, 5.41) is 9.98. The maximum absolute atomic E-state index is 13.0. The van der Waals surface area contributed by atoms with E-state index in [9.17, 15) is 40.6 Å². The highest BCUT2D eigenvalue weighted by Crippen LogP contribution is 2.34. The summed E-state index contributed by atoms with van der Waals surface area (Å²) in [5.74, 6) is -3.81. The molecule has 0 aromatic heterocycles. The Morgan fingerprint density at radius 2 is 1.44 bits per heavy atom. The molecule has 3 aromatic carbocycles. The molecule has 0 aliphatic rings. The molecular weight excluding hydrogens is 492 g/mol. The molecule has 0 spiro atoms. The summed E-state index contributed by atoms with van der Waals surface area (Å²) in [5.41, 5.74) is -1.05. The third-order valence-electron chi connectivity index (χ3n) is 4.51. The van der Waals surface area contributed by atoms with Gasteiger partial charge in [0, 0.05) is 11.6 Å². The van der Waals surface area contributed by atoms with Gasteiger partial charge >= 0.3 is 5.97 Å². The average molecular weight is 508 g/mol. The number of rotatable bonds is 7. The van der Waals surface area contributed by atoms with Gasteiger partial charge in [-0.1, -0.05) is 30.3 Å². The van der Waals surface area contributed by atoms with E-state index in [1.54, 1.807) is 6.07 Å². The van der Waals surface area contributed by atoms with Crippen LogP contribution in [0.25, 0.3) is 0 Å². The molecule has 34 heavy (non-hydrogen) atoms. The Hall–Kier alpha value is -3.78. The average Bonchev–Trinajstić information content (AvgIpc) is 2.77. The number of ketones is 1. The smallest absolute Gasteiger partial charge is 0.347 e. The maximum Gasteiger partial charge on any atom is 0.347 e. The first kappa shape index (κ1) is 24.9. The second-order valence-corrected chi connectivity index (χ2v) is 9.52. The molecule has 0 bridgehead atoms. The Morgan fingerprint density at radius 1 is 0.794 bits per heavy atom. The first-order valence-corrected chi connectivity index (χ1v) is 12.0. The Labute approximate surface area is 193 Å². The van der Waals surface area contributed by atoms with Crippen LogP contribution >= 0.6 is 0 Å². The van der Waals surface area contributed by atoms with Crippen molar-refractivity contribution in [2.75, 3.05) is 7.11 Å². The van der Waals surface area contributed by atoms with Crippen molar-refractivity contribution in [2.45, 2.75) is 9.79 Å². The summed E-state index contributed by atoms with van der Waals surface area (Å²) < 4.78 is 75.2. The largest absolute Gasteiger partial charge is 0.507 e. The van der Waals surface area contributed by atoms with E-state index in [2.05, 4.69) is 0 Å². The van der Waals surface area contributed by atoms with E-state index in [1.807, 2.05) is 0 Å². The fourth-order valence-electron chi connectivity index (χ4n) is 2.90. The normalized spacial score (nSPS) is 11.6. The Kier molecular flexibility index (Phi) is 6.74. The predicted octanol–water partition coefficient (Wildman–Crippen LogP) is 2.34. The summed E-state index contributed by atoms with van der Waals surface area (Å²) in [4.78, 5) is 24.3. The summed E-state index contributed by atoms with van der Waals surface area (Å²) >= 11 is 0. The van der Waals surface area contributed by atoms with Crippen molar-refractivity contribution in [1.29, 1.82) is 0 Å². The first-order valence-electron chi connectivity index (χ1n) is 9.15. The van der Waals surface area contributed by atoms with Gasteiger partial charge in [0.1, 0.15) is 27.7 Å². The van der Waals surface area contributed by atoms with Gasteiger partial charge in [-0.2, -0.15) is 16.8 Å². The minimum Gasteiger partial charge on any atom is -0.507 e. The molecule has 3 rings (SSSR count). The van der Waals surface area contributed by atoms with Crippen LogP contribution in [0.5, 0.6) is 17.2 Å². The van der Waals surface area contributed by atoms with Gasteiger partial charge < -0.3 is 14.6 Å². The predicted molar refractivity (Wildman–Crippen MR) is 116 cm³/mol. The van der Waals surface area contributed by atoms with E-state index in [0.717, 1.165) is 31.4 Å². The molecule has 178 valence electrons. The lowest BCUT2D eigenvalue weighted by Crippen LogP contribution is -2.15. The minimum atomic E-state index is -4.86. The number of aromatic hydroxyl groups is 1. The number of benzene rings is 3. The molecule has 0 atom stereocenters. The molecule has 0 fully saturated rings. The lowest BCUT2D eigenvalue weighted by atomic mass is 10.0. The van der Waals surface area contributed by atoms with E-state index < -0.39 is 70.2 Å². The van der Waals surface area contributed by atoms with Crippen LogP contribution in [0.1, 0.15) is 26.3 Å². The second kappa shape index (κ2) is 9.23. The van der Waals surface area contributed by atoms with Crippen LogP contribution in [-0.4, -0.2) is 49.9 Å². The molecule has 0 unspecified atom stereocenters. The van der Waals surface area contributed by atoms with Crippen LogP contribution in [0.4, 0.5) is 0 Å². The number of hydrogen-bond acceptors (Lipinski definition) is 9. The number of carbonyl (C=O) groups is 2. The number of ether oxygens (including phenoxy) is 2. The Balaban J connectivity index is 2.17. The lowest BCUT2D eigenvalue weighted by molar-refractivity contribution is 0.0729. The van der Waals surface area contributed by atoms with Gasteiger partial charge in [-0.3, -0.25) is 13.9 Å². The third-order valence-corrected chi connectivity index (χ3v) is 6.24. The highest BCUT2D eigenvalue weighted by molar-refractivity contribution is 7.86. The van der Waals surface area contributed by atoms with Gasteiger partial charge in [0.05, 0.1) is 17.6 Å². The highest BCUT2D eigenvalue weighted by atomic mass is 32.2. The van der Waals surface area contributed by atoms with E-state index in [1.165, 1.54) is 24.3 Å². The number of phenolic OH excluding ortho intramolecular Hbond substituents is 1. The quantitative estimate of drug-likeness (QED) is 0.184. The van der Waals surface area contributed by atoms with Gasteiger partial charge in [0.15, 0.2) is 5.78 Å². The van der Waals surface area contributed by atoms with Crippen LogP contribution < -0.4 is 9.47 Å². The zero-order valence-electron chi connectivity index (χ0n) is 17.2. The van der Waals surface area contributed by atoms with E-state index in [-0.39, 0.29) is 5.56 Å². The lowest BCUT2D eigenvalue weighted by Gasteiger charge is -2.14. The topological polar surface area (TPSA) is 182 Å². The highest BCUT2D eigenvalue weighted by Gasteiger charge is 2.27. The summed E-state index contributed by atoms with van der Waals surface area (Å²) in [7, 11) is -8.52. The molecule has 0 saturated heterocycles. The molecule has 0 radical (unpaired) electrons. The molecule has 3 aromatic rings. The zero-order chi connectivity index (χ0) is 25.3. The fraction of sp³-hybridized carbons (Fsp3) is 0.0476. The molecule has 13 heteroatoms. The minimum absolute atomic E-state index is 0.0856. The van der Waals surface area contributed by atoms with Crippen molar-refractivity contribution in [3.8, 4) is 17.2 Å². The monoisotopic (exact) mass is 508 g/mol. The number of hydrogen-bond donors (Lipinski definition) is 3. The molecule has 11 nitrogen and oxygen atoms in total. The Bertz CT molecular complexity index is 1490. The zero-order valence-corrected chi connectivity index (χ0v) is 18.8. The summed E-state index contributed by atoms with van der Waals surface area (Å²) in [6.07, 6.45) is 0. The van der Waals surface area contributed by atoms with E-state index >= 15 is 0 Å². The number of esters is 1. The van der Waals surface area contributed by atoms with Gasteiger partial charge in [-0.15, -0.1) is 0 Å². The SMILES string of the molecule is COc1cc(OC(=O)c2cc(S(=O)(=O)O)ccc2O)c(C(=O)c2ccccc2)cc1S(=O)(=O)O. The molecule has 0 heterocycles. The van der Waals surface area contributed by atoms with Crippen molar-refractivity contribution in [3.05, 3.63) is 77.4 Å². The van der Waals surface area contributed by atoms with Gasteiger partial charge in [0.2, 0.25) is 0 Å². The number of methoxy groups -OCH3 is 1. The van der Waals surface area contributed by atoms with Crippen LogP contribution in [0.2, 0.25) is 0 Å². The number of phenols is 1. The van der Waals surface area contributed by atoms with Crippen molar-refractivity contribution < 1.29 is 50.1 Å². The second-order valence-electron chi connectivity index (χ2n) is 6.71.